The molecule has 7 nitrogen and oxygen atoms in total. The number of nitrogens with one attached hydrogen (secondary N) is 2. The highest BCUT2D eigenvalue weighted by molar-refractivity contribution is 5.95. The first-order valence-electron chi connectivity index (χ1n) is 8.47. The quantitative estimate of drug-likeness (QED) is 0.755. The third kappa shape index (κ3) is 6.72. The lowest BCUT2D eigenvalue weighted by Gasteiger charge is -2.23. The summed E-state index contributed by atoms with van der Waals surface area (Å²) in [7, 11) is 0. The van der Waals surface area contributed by atoms with Gasteiger partial charge in [0.25, 0.3) is 0 Å². The molecule has 1 aliphatic heterocycles. The fourth-order valence-electron chi connectivity index (χ4n) is 2.59. The monoisotopic (exact) mass is 337 g/mol. The number of imide groups is 1. The predicted molar refractivity (Wildman–Crippen MR) is 89.3 cm³/mol. The molecule has 0 aromatic carbocycles. The molecule has 0 aliphatic carbocycles. The molecular formula is C17H27N3O4. The van der Waals surface area contributed by atoms with Crippen LogP contribution in [0.2, 0.25) is 0 Å². The maximum atomic E-state index is 12.1. The summed E-state index contributed by atoms with van der Waals surface area (Å²) in [5.74, 6) is 0.784. The van der Waals surface area contributed by atoms with E-state index in [1.807, 2.05) is 30.9 Å². The van der Waals surface area contributed by atoms with Gasteiger partial charge in [0.05, 0.1) is 25.5 Å². The number of furan rings is 1. The van der Waals surface area contributed by atoms with E-state index in [4.69, 9.17) is 9.15 Å². The van der Waals surface area contributed by atoms with Crippen LogP contribution in [0.1, 0.15) is 32.4 Å². The van der Waals surface area contributed by atoms with Crippen molar-refractivity contribution >= 4 is 11.9 Å². The molecule has 2 N–H and O–H groups in total. The summed E-state index contributed by atoms with van der Waals surface area (Å²) >= 11 is 0. The Kier molecular flexibility index (Phi) is 7.27. The molecule has 7 heteroatoms. The number of hydrogen-bond acceptors (Lipinski definition) is 5. The summed E-state index contributed by atoms with van der Waals surface area (Å²) in [6, 6.07) is 3.23. The number of ether oxygens (including phenoxy) is 1. The number of urea groups is 1. The van der Waals surface area contributed by atoms with Gasteiger partial charge in [-0.15, -0.1) is 0 Å². The molecule has 1 aromatic rings. The zero-order valence-electron chi connectivity index (χ0n) is 14.4. The van der Waals surface area contributed by atoms with Crippen molar-refractivity contribution in [1.29, 1.82) is 0 Å². The molecule has 2 heterocycles. The Labute approximate surface area is 142 Å². The Balaban J connectivity index is 1.83. The molecule has 1 unspecified atom stereocenters. The molecule has 2 rings (SSSR count). The molecule has 0 radical (unpaired) electrons. The Morgan fingerprint density at radius 3 is 2.88 bits per heavy atom. The van der Waals surface area contributed by atoms with Gasteiger partial charge in [0.1, 0.15) is 5.76 Å². The van der Waals surface area contributed by atoms with Gasteiger partial charge in [-0.25, -0.2) is 4.79 Å². The number of nitrogens with zero attached hydrogens (tertiary/aromatic N) is 1. The van der Waals surface area contributed by atoms with Crippen molar-refractivity contribution in [3.8, 4) is 0 Å². The van der Waals surface area contributed by atoms with Gasteiger partial charge in [-0.05, 0) is 30.9 Å². The second-order valence-electron chi connectivity index (χ2n) is 6.54. The first-order valence-corrected chi connectivity index (χ1v) is 8.47. The molecule has 1 atom stereocenters. The van der Waals surface area contributed by atoms with Crippen molar-refractivity contribution in [3.05, 3.63) is 24.2 Å². The molecule has 134 valence electrons. The van der Waals surface area contributed by atoms with E-state index >= 15 is 0 Å². The number of hydrogen-bond donors (Lipinski definition) is 2. The molecule has 0 saturated carbocycles. The van der Waals surface area contributed by atoms with E-state index in [2.05, 4.69) is 10.6 Å². The van der Waals surface area contributed by atoms with E-state index < -0.39 is 6.03 Å². The fourth-order valence-corrected chi connectivity index (χ4v) is 2.59. The minimum atomic E-state index is -0.455. The van der Waals surface area contributed by atoms with Crippen molar-refractivity contribution in [2.24, 2.45) is 5.92 Å². The standard InChI is InChI=1S/C17H27N3O4/c1-13(2)9-18-17(22)19-16(21)12-20(10-14-5-3-7-23-14)11-15-6-4-8-24-15/h3,5,7,13,15H,4,6,8-12H2,1-2H3,(H2,18,19,21,22). The van der Waals surface area contributed by atoms with Crippen LogP contribution in [0.5, 0.6) is 0 Å². The molecule has 3 amide bonds. The highest BCUT2D eigenvalue weighted by Gasteiger charge is 2.22. The van der Waals surface area contributed by atoms with E-state index in [-0.39, 0.29) is 18.6 Å². The van der Waals surface area contributed by atoms with Crippen molar-refractivity contribution < 1.29 is 18.7 Å². The van der Waals surface area contributed by atoms with E-state index in [9.17, 15) is 9.59 Å². The van der Waals surface area contributed by atoms with Crippen LogP contribution in [-0.4, -0.2) is 49.2 Å². The normalized spacial score (nSPS) is 17.4. The maximum Gasteiger partial charge on any atom is 0.321 e. The summed E-state index contributed by atoms with van der Waals surface area (Å²) in [5, 5.41) is 5.04. The lowest BCUT2D eigenvalue weighted by molar-refractivity contribution is -0.121. The second-order valence-corrected chi connectivity index (χ2v) is 6.54. The largest absolute Gasteiger partial charge is 0.468 e. The van der Waals surface area contributed by atoms with Gasteiger partial charge < -0.3 is 14.5 Å². The van der Waals surface area contributed by atoms with Crippen LogP contribution in [0.15, 0.2) is 22.8 Å². The van der Waals surface area contributed by atoms with Crippen LogP contribution in [0, 0.1) is 5.92 Å². The zero-order chi connectivity index (χ0) is 17.4. The van der Waals surface area contributed by atoms with Gasteiger partial charge in [-0.3, -0.25) is 15.0 Å². The minimum absolute atomic E-state index is 0.121. The average Bonchev–Trinajstić information content (AvgIpc) is 3.18. The maximum absolute atomic E-state index is 12.1. The van der Waals surface area contributed by atoms with Crippen molar-refractivity contribution in [1.82, 2.24) is 15.5 Å². The molecule has 1 aliphatic rings. The van der Waals surface area contributed by atoms with Crippen LogP contribution in [0.3, 0.4) is 0 Å². The second kappa shape index (κ2) is 9.44. The highest BCUT2D eigenvalue weighted by atomic mass is 16.5. The molecule has 1 fully saturated rings. The van der Waals surface area contributed by atoms with Crippen LogP contribution in [0.4, 0.5) is 4.79 Å². The van der Waals surface area contributed by atoms with Gasteiger partial charge in [0, 0.05) is 19.7 Å². The Morgan fingerprint density at radius 2 is 2.25 bits per heavy atom. The third-order valence-corrected chi connectivity index (χ3v) is 3.74. The first-order chi connectivity index (χ1) is 11.5. The lowest BCUT2D eigenvalue weighted by atomic mass is 10.2. The smallest absolute Gasteiger partial charge is 0.321 e. The molecule has 0 spiro atoms. The lowest BCUT2D eigenvalue weighted by Crippen LogP contribution is -2.46. The summed E-state index contributed by atoms with van der Waals surface area (Å²) in [5.41, 5.74) is 0. The minimum Gasteiger partial charge on any atom is -0.468 e. The van der Waals surface area contributed by atoms with E-state index in [0.29, 0.717) is 25.6 Å². The molecule has 0 bridgehead atoms. The number of carbonyl (C=O) groups excluding carboxylic acids is 2. The van der Waals surface area contributed by atoms with Crippen LogP contribution < -0.4 is 10.6 Å². The van der Waals surface area contributed by atoms with E-state index in [1.165, 1.54) is 0 Å². The van der Waals surface area contributed by atoms with E-state index in [0.717, 1.165) is 25.2 Å². The SMILES string of the molecule is CC(C)CNC(=O)NC(=O)CN(Cc1ccco1)CC1CCCO1. The van der Waals surface area contributed by atoms with Gasteiger partial charge >= 0.3 is 6.03 Å². The topological polar surface area (TPSA) is 83.8 Å². The number of carbonyl (C=O) groups is 2. The summed E-state index contributed by atoms with van der Waals surface area (Å²) in [4.78, 5) is 25.8. The van der Waals surface area contributed by atoms with E-state index in [1.54, 1.807) is 6.26 Å². The zero-order valence-corrected chi connectivity index (χ0v) is 14.4. The van der Waals surface area contributed by atoms with Crippen molar-refractivity contribution in [2.45, 2.75) is 39.3 Å². The predicted octanol–water partition coefficient (Wildman–Crippen LogP) is 1.74. The Morgan fingerprint density at radius 1 is 1.42 bits per heavy atom. The molecule has 1 aromatic heterocycles. The molecule has 1 saturated heterocycles. The van der Waals surface area contributed by atoms with Crippen LogP contribution in [-0.2, 0) is 16.1 Å². The van der Waals surface area contributed by atoms with Crippen LogP contribution >= 0.6 is 0 Å². The van der Waals surface area contributed by atoms with Gasteiger partial charge in [-0.2, -0.15) is 0 Å². The summed E-state index contributed by atoms with van der Waals surface area (Å²) < 4.78 is 11.0. The number of rotatable bonds is 8. The molecule has 24 heavy (non-hydrogen) atoms. The molecular weight excluding hydrogens is 310 g/mol. The third-order valence-electron chi connectivity index (χ3n) is 3.74. The Bertz CT molecular complexity index is 510. The average molecular weight is 337 g/mol. The Hall–Kier alpha value is -1.86. The summed E-state index contributed by atoms with van der Waals surface area (Å²) in [6.45, 7) is 6.56. The first kappa shape index (κ1) is 18.5. The van der Waals surface area contributed by atoms with Crippen molar-refractivity contribution in [3.63, 3.8) is 0 Å². The highest BCUT2D eigenvalue weighted by Crippen LogP contribution is 2.15. The van der Waals surface area contributed by atoms with Gasteiger partial charge in [0.15, 0.2) is 0 Å². The fraction of sp³-hybridized carbons (Fsp3) is 0.647. The summed E-state index contributed by atoms with van der Waals surface area (Å²) in [6.07, 6.45) is 3.77. The van der Waals surface area contributed by atoms with Gasteiger partial charge in [-0.1, -0.05) is 13.8 Å². The van der Waals surface area contributed by atoms with Gasteiger partial charge in [0.2, 0.25) is 5.91 Å². The number of amides is 3. The van der Waals surface area contributed by atoms with Crippen LogP contribution in [0.25, 0.3) is 0 Å². The van der Waals surface area contributed by atoms with Crippen molar-refractivity contribution in [2.75, 3.05) is 26.2 Å².